The number of ketones is 1. The van der Waals surface area contributed by atoms with Crippen LogP contribution < -0.4 is 5.32 Å². The van der Waals surface area contributed by atoms with Crippen LogP contribution in [-0.2, 0) is 19.9 Å². The van der Waals surface area contributed by atoms with Gasteiger partial charge in [-0.1, -0.05) is 49.0 Å². The monoisotopic (exact) mass is 539 g/mol. The third kappa shape index (κ3) is 3.52. The number of fused-ring (bicyclic) bond motifs is 3. The lowest BCUT2D eigenvalue weighted by Gasteiger charge is -2.51. The van der Waals surface area contributed by atoms with E-state index < -0.39 is 28.5 Å². The lowest BCUT2D eigenvalue weighted by atomic mass is 9.56. The van der Waals surface area contributed by atoms with Crippen LogP contribution in [0.2, 0.25) is 0 Å². The third-order valence-corrected chi connectivity index (χ3v) is 8.63. The van der Waals surface area contributed by atoms with Gasteiger partial charge in [-0.25, -0.2) is 8.78 Å². The molecule has 40 heavy (non-hydrogen) atoms. The minimum absolute atomic E-state index is 0.00200. The van der Waals surface area contributed by atoms with Gasteiger partial charge in [0.1, 0.15) is 17.2 Å². The molecule has 202 valence electrons. The lowest BCUT2D eigenvalue weighted by molar-refractivity contribution is -0.150. The molecule has 2 amide bonds. The number of rotatable bonds is 3. The van der Waals surface area contributed by atoms with Crippen molar-refractivity contribution in [2.75, 3.05) is 32.0 Å². The highest BCUT2D eigenvalue weighted by Crippen LogP contribution is 2.64. The summed E-state index contributed by atoms with van der Waals surface area (Å²) in [4.78, 5) is 45.9. The number of nitrogens with one attached hydrogen (secondary N) is 1. The Morgan fingerprint density at radius 3 is 2.33 bits per heavy atom. The summed E-state index contributed by atoms with van der Waals surface area (Å²) in [5, 5.41) is 2.99. The van der Waals surface area contributed by atoms with Gasteiger partial charge in [0.2, 0.25) is 5.91 Å². The van der Waals surface area contributed by atoms with Crippen molar-refractivity contribution in [3.8, 4) is 0 Å². The van der Waals surface area contributed by atoms with Crippen LogP contribution in [0.25, 0.3) is 6.08 Å². The average molecular weight is 540 g/mol. The zero-order valence-corrected chi connectivity index (χ0v) is 21.9. The summed E-state index contributed by atoms with van der Waals surface area (Å²) >= 11 is 0. The molecule has 6 nitrogen and oxygen atoms in total. The van der Waals surface area contributed by atoms with Gasteiger partial charge in [-0.2, -0.15) is 0 Å². The van der Waals surface area contributed by atoms with Crippen molar-refractivity contribution < 1.29 is 23.2 Å². The summed E-state index contributed by atoms with van der Waals surface area (Å²) < 4.78 is 27.7. The maximum atomic E-state index is 15.0. The number of anilines is 1. The molecule has 0 radical (unpaired) electrons. The third-order valence-electron chi connectivity index (χ3n) is 8.63. The number of hydrogen-bond donors (Lipinski definition) is 1. The van der Waals surface area contributed by atoms with Crippen LogP contribution in [0, 0.1) is 17.0 Å². The Hall–Kier alpha value is -4.43. The quantitative estimate of drug-likeness (QED) is 0.498. The Morgan fingerprint density at radius 2 is 1.65 bits per heavy atom. The maximum absolute atomic E-state index is 15.0. The predicted octanol–water partition coefficient (Wildman–Crippen LogP) is 4.51. The van der Waals surface area contributed by atoms with Crippen molar-refractivity contribution in [2.45, 2.75) is 11.5 Å². The van der Waals surface area contributed by atoms with Crippen LogP contribution in [0.5, 0.6) is 0 Å². The van der Waals surface area contributed by atoms with E-state index in [2.05, 4.69) is 11.9 Å². The first kappa shape index (κ1) is 25.8. The molecule has 2 spiro atoms. The minimum atomic E-state index is -1.47. The first-order chi connectivity index (χ1) is 19.2. The smallest absolute Gasteiger partial charge is 0.250 e. The van der Waals surface area contributed by atoms with Crippen LogP contribution in [0.4, 0.5) is 14.5 Å². The fourth-order valence-corrected chi connectivity index (χ4v) is 7.01. The number of carbonyl (C=O) groups is 3. The van der Waals surface area contributed by atoms with Gasteiger partial charge in [0.25, 0.3) is 5.91 Å². The van der Waals surface area contributed by atoms with E-state index in [1.54, 1.807) is 43.5 Å². The molecule has 3 aromatic rings. The normalized spacial score (nSPS) is 26.9. The van der Waals surface area contributed by atoms with Gasteiger partial charge in [-0.15, -0.1) is 0 Å². The maximum Gasteiger partial charge on any atom is 0.250 e. The average Bonchev–Trinajstić information content (AvgIpc) is 3.40. The summed E-state index contributed by atoms with van der Waals surface area (Å²) in [5.74, 6) is -2.42. The Morgan fingerprint density at radius 1 is 1.00 bits per heavy atom. The molecular weight excluding hydrogens is 512 g/mol. The van der Waals surface area contributed by atoms with Crippen molar-refractivity contribution in [3.63, 3.8) is 0 Å². The van der Waals surface area contributed by atoms with E-state index in [4.69, 9.17) is 0 Å². The number of carbonyl (C=O) groups excluding carboxylic acids is 3. The molecule has 1 N–H and O–H groups in total. The number of likely N-dealkylation sites (tertiary alicyclic amines) is 2. The SMILES string of the molecule is C=CC(=O)N1C/C(=C\c2ccc(F)cc2)C(=O)[C@@]2(C1)[C@H](c1ccc(F)cc1)CN(C)[C@]21C(=O)Nc2ccccc21. The number of nitrogens with zero attached hydrogens (tertiary/aromatic N) is 2. The van der Waals surface area contributed by atoms with E-state index in [1.165, 1.54) is 35.2 Å². The second-order valence-corrected chi connectivity index (χ2v) is 10.6. The number of benzene rings is 3. The molecule has 0 aliphatic carbocycles. The van der Waals surface area contributed by atoms with E-state index in [1.807, 2.05) is 23.1 Å². The van der Waals surface area contributed by atoms with Crippen LogP contribution in [0.3, 0.4) is 0 Å². The van der Waals surface area contributed by atoms with E-state index in [9.17, 15) is 18.4 Å². The number of likely N-dealkylation sites (N-methyl/N-ethyl adjacent to an activating group) is 1. The molecule has 3 atom stereocenters. The van der Waals surface area contributed by atoms with Gasteiger partial charge in [0.05, 0.1) is 5.41 Å². The van der Waals surface area contributed by atoms with Gasteiger partial charge in [-0.3, -0.25) is 19.3 Å². The van der Waals surface area contributed by atoms with Crippen LogP contribution >= 0.6 is 0 Å². The van der Waals surface area contributed by atoms with E-state index >= 15 is 4.79 Å². The van der Waals surface area contributed by atoms with Crippen LogP contribution in [-0.4, -0.2) is 54.1 Å². The van der Waals surface area contributed by atoms with Gasteiger partial charge >= 0.3 is 0 Å². The van der Waals surface area contributed by atoms with Crippen LogP contribution in [0.15, 0.2) is 91.0 Å². The number of piperidine rings is 1. The summed E-state index contributed by atoms with van der Waals surface area (Å²) in [6.45, 7) is 3.92. The van der Waals surface area contributed by atoms with Gasteiger partial charge in [0.15, 0.2) is 5.78 Å². The Labute approximate surface area is 230 Å². The molecule has 3 heterocycles. The number of para-hydroxylation sites is 1. The predicted molar refractivity (Wildman–Crippen MR) is 147 cm³/mol. The molecule has 0 unspecified atom stereocenters. The van der Waals surface area contributed by atoms with Crippen molar-refractivity contribution in [3.05, 3.63) is 119 Å². The van der Waals surface area contributed by atoms with Gasteiger partial charge < -0.3 is 10.2 Å². The Kier molecular flexibility index (Phi) is 6.03. The Balaban J connectivity index is 1.65. The lowest BCUT2D eigenvalue weighted by Crippen LogP contribution is -2.66. The molecule has 3 aliphatic heterocycles. The zero-order valence-electron chi connectivity index (χ0n) is 21.9. The fourth-order valence-electron chi connectivity index (χ4n) is 7.01. The summed E-state index contributed by atoms with van der Waals surface area (Å²) in [7, 11) is 1.80. The topological polar surface area (TPSA) is 69.7 Å². The minimum Gasteiger partial charge on any atom is -0.334 e. The molecular formula is C32H27F2N3O3. The first-order valence-electron chi connectivity index (χ1n) is 13.0. The summed E-state index contributed by atoms with van der Waals surface area (Å²) in [6.07, 6.45) is 2.85. The number of hydrogen-bond acceptors (Lipinski definition) is 4. The second kappa shape index (κ2) is 9.34. The summed E-state index contributed by atoms with van der Waals surface area (Å²) in [5.41, 5.74) is -0.0996. The van der Waals surface area contributed by atoms with Crippen molar-refractivity contribution in [1.82, 2.24) is 9.80 Å². The highest BCUT2D eigenvalue weighted by molar-refractivity contribution is 6.16. The molecule has 3 aliphatic rings. The number of Topliss-reactive ketones (excluding diaryl/α,β-unsaturated/α-hetero) is 1. The molecule has 0 aromatic heterocycles. The van der Waals surface area contributed by atoms with Crippen LogP contribution in [0.1, 0.15) is 22.6 Å². The molecule has 0 bridgehead atoms. The largest absolute Gasteiger partial charge is 0.334 e. The second-order valence-electron chi connectivity index (χ2n) is 10.6. The molecule has 2 fully saturated rings. The van der Waals surface area contributed by atoms with Crippen molar-refractivity contribution in [2.24, 2.45) is 5.41 Å². The number of amides is 2. The molecule has 3 aromatic carbocycles. The summed E-state index contributed by atoms with van der Waals surface area (Å²) in [6, 6.07) is 18.9. The Bertz CT molecular complexity index is 1580. The van der Waals surface area contributed by atoms with Crippen molar-refractivity contribution in [1.29, 1.82) is 0 Å². The van der Waals surface area contributed by atoms with Gasteiger partial charge in [0, 0.05) is 42.4 Å². The van der Waals surface area contributed by atoms with E-state index in [-0.39, 0.29) is 30.7 Å². The first-order valence-corrected chi connectivity index (χ1v) is 13.0. The highest BCUT2D eigenvalue weighted by atomic mass is 19.1. The van der Waals surface area contributed by atoms with E-state index in [0.29, 0.717) is 34.5 Å². The molecule has 2 saturated heterocycles. The van der Waals surface area contributed by atoms with E-state index in [0.717, 1.165) is 0 Å². The zero-order chi connectivity index (χ0) is 28.2. The fraction of sp³-hybridized carbons (Fsp3) is 0.219. The molecule has 8 heteroatoms. The standard InChI is InChI=1S/C32H27F2N3O3/c1-3-28(38)37-17-22(16-20-8-12-23(33)13-9-20)29(39)31(19-37)26(21-10-14-24(34)15-11-21)18-36(2)32(31)25-6-4-5-7-27(25)35-30(32)40/h3-16,26H,1,17-19H2,2H3,(H,35,40)/b22-16+/t26-,31+,32+/m0/s1. The van der Waals surface area contributed by atoms with Crippen molar-refractivity contribution >= 4 is 29.4 Å². The highest BCUT2D eigenvalue weighted by Gasteiger charge is 2.75. The molecule has 6 rings (SSSR count). The molecule has 0 saturated carbocycles. The van der Waals surface area contributed by atoms with Gasteiger partial charge in [-0.05, 0) is 60.7 Å². The number of halogens is 2.